The zero-order valence-corrected chi connectivity index (χ0v) is 11.7. The SMILES string of the molecule is CC[C@]1(C)C[C@](CC[NH3+])(c2ccccc2)CCO1. The zero-order valence-electron chi connectivity index (χ0n) is 11.7. The van der Waals surface area contributed by atoms with Gasteiger partial charge in [-0.25, -0.2) is 0 Å². The first kappa shape index (κ1) is 13.6. The van der Waals surface area contributed by atoms with Crippen molar-refractivity contribution in [3.8, 4) is 0 Å². The quantitative estimate of drug-likeness (QED) is 0.873. The molecule has 18 heavy (non-hydrogen) atoms. The van der Waals surface area contributed by atoms with Crippen LogP contribution in [0.3, 0.4) is 0 Å². The molecule has 1 aliphatic rings. The van der Waals surface area contributed by atoms with E-state index in [1.807, 2.05) is 0 Å². The van der Waals surface area contributed by atoms with E-state index >= 15 is 0 Å². The highest BCUT2D eigenvalue weighted by atomic mass is 16.5. The maximum atomic E-state index is 6.02. The molecule has 0 radical (unpaired) electrons. The third-order valence-electron chi connectivity index (χ3n) is 4.53. The molecule has 100 valence electrons. The smallest absolute Gasteiger partial charge is 0.0748 e. The summed E-state index contributed by atoms with van der Waals surface area (Å²) in [6, 6.07) is 11.0. The van der Waals surface area contributed by atoms with E-state index in [4.69, 9.17) is 4.74 Å². The third-order valence-corrected chi connectivity index (χ3v) is 4.53. The molecular formula is C16H26NO+. The summed E-state index contributed by atoms with van der Waals surface area (Å²) in [5.41, 5.74) is 5.85. The van der Waals surface area contributed by atoms with E-state index in [1.54, 1.807) is 0 Å². The molecule has 0 aromatic heterocycles. The Morgan fingerprint density at radius 1 is 1.28 bits per heavy atom. The van der Waals surface area contributed by atoms with E-state index in [1.165, 1.54) is 5.56 Å². The first-order chi connectivity index (χ1) is 8.64. The highest BCUT2D eigenvalue weighted by Crippen LogP contribution is 2.44. The van der Waals surface area contributed by atoms with Gasteiger partial charge in [-0.3, -0.25) is 0 Å². The lowest BCUT2D eigenvalue weighted by Gasteiger charge is -2.46. The van der Waals surface area contributed by atoms with Gasteiger partial charge >= 0.3 is 0 Å². The van der Waals surface area contributed by atoms with Crippen molar-refractivity contribution in [2.24, 2.45) is 0 Å². The Kier molecular flexibility index (Phi) is 4.08. The molecule has 1 saturated heterocycles. The molecule has 1 aromatic rings. The Morgan fingerprint density at radius 3 is 2.61 bits per heavy atom. The normalized spacial score (nSPS) is 32.4. The predicted octanol–water partition coefficient (Wildman–Crippen LogP) is 2.54. The zero-order chi connectivity index (χ0) is 13.1. The van der Waals surface area contributed by atoms with Crippen molar-refractivity contribution in [1.82, 2.24) is 0 Å². The summed E-state index contributed by atoms with van der Waals surface area (Å²) in [6.07, 6.45) is 4.49. The Bertz CT molecular complexity index is 374. The molecule has 1 fully saturated rings. The monoisotopic (exact) mass is 248 g/mol. The van der Waals surface area contributed by atoms with Crippen LogP contribution in [0.15, 0.2) is 30.3 Å². The van der Waals surface area contributed by atoms with Crippen molar-refractivity contribution < 1.29 is 10.5 Å². The molecule has 1 heterocycles. The van der Waals surface area contributed by atoms with Crippen LogP contribution < -0.4 is 5.73 Å². The van der Waals surface area contributed by atoms with Gasteiger partial charge in [-0.05, 0) is 31.7 Å². The van der Waals surface area contributed by atoms with Crippen LogP contribution in [0.25, 0.3) is 0 Å². The number of quaternary nitrogens is 1. The number of hydrogen-bond acceptors (Lipinski definition) is 1. The molecule has 0 amide bonds. The van der Waals surface area contributed by atoms with Gasteiger partial charge < -0.3 is 10.5 Å². The van der Waals surface area contributed by atoms with E-state index in [0.717, 1.165) is 38.8 Å². The molecule has 3 N–H and O–H groups in total. The topological polar surface area (TPSA) is 36.9 Å². The van der Waals surface area contributed by atoms with Crippen LogP contribution in [0.2, 0.25) is 0 Å². The second kappa shape index (κ2) is 5.41. The van der Waals surface area contributed by atoms with Crippen LogP contribution in [0.1, 0.15) is 45.1 Å². The summed E-state index contributed by atoms with van der Waals surface area (Å²) < 4.78 is 6.02. The fourth-order valence-corrected chi connectivity index (χ4v) is 3.31. The van der Waals surface area contributed by atoms with Crippen LogP contribution in [0.4, 0.5) is 0 Å². The Morgan fingerprint density at radius 2 is 2.00 bits per heavy atom. The lowest BCUT2D eigenvalue weighted by atomic mass is 9.66. The minimum atomic E-state index is 0.0310. The van der Waals surface area contributed by atoms with E-state index in [-0.39, 0.29) is 11.0 Å². The average molecular weight is 248 g/mol. The lowest BCUT2D eigenvalue weighted by molar-refractivity contribution is -0.372. The fraction of sp³-hybridized carbons (Fsp3) is 0.625. The van der Waals surface area contributed by atoms with E-state index < -0.39 is 0 Å². The summed E-state index contributed by atoms with van der Waals surface area (Å²) in [7, 11) is 0. The first-order valence-corrected chi connectivity index (χ1v) is 7.13. The van der Waals surface area contributed by atoms with Gasteiger partial charge in [0.1, 0.15) is 0 Å². The molecule has 2 nitrogen and oxygen atoms in total. The van der Waals surface area contributed by atoms with Crippen LogP contribution in [0, 0.1) is 0 Å². The predicted molar refractivity (Wildman–Crippen MR) is 74.4 cm³/mol. The molecular weight excluding hydrogens is 222 g/mol. The molecule has 2 rings (SSSR count). The van der Waals surface area contributed by atoms with E-state index in [9.17, 15) is 0 Å². The van der Waals surface area contributed by atoms with Crippen molar-refractivity contribution >= 4 is 0 Å². The van der Waals surface area contributed by atoms with Gasteiger partial charge in [0.2, 0.25) is 0 Å². The second-order valence-corrected chi connectivity index (χ2v) is 5.83. The fourth-order valence-electron chi connectivity index (χ4n) is 3.31. The molecule has 1 aliphatic heterocycles. The van der Waals surface area contributed by atoms with Crippen molar-refractivity contribution in [3.63, 3.8) is 0 Å². The highest BCUT2D eigenvalue weighted by Gasteiger charge is 2.43. The molecule has 0 saturated carbocycles. The molecule has 0 bridgehead atoms. The standard InChI is InChI=1S/C16H25NO/c1-3-15(2)13-16(9-11-17,10-12-18-15)14-7-5-4-6-8-14/h4-8H,3,9-13,17H2,1-2H3/p+1/t15-,16-/m1/s1. The van der Waals surface area contributed by atoms with Crippen LogP contribution in [0.5, 0.6) is 0 Å². The van der Waals surface area contributed by atoms with Crippen LogP contribution in [-0.4, -0.2) is 18.8 Å². The minimum Gasteiger partial charge on any atom is -0.375 e. The van der Waals surface area contributed by atoms with Crippen LogP contribution >= 0.6 is 0 Å². The maximum Gasteiger partial charge on any atom is 0.0748 e. The Hall–Kier alpha value is -0.860. The molecule has 2 atom stereocenters. The third kappa shape index (κ3) is 2.60. The Labute approximate surface area is 111 Å². The van der Waals surface area contributed by atoms with Gasteiger partial charge in [-0.1, -0.05) is 37.3 Å². The second-order valence-electron chi connectivity index (χ2n) is 5.83. The minimum absolute atomic E-state index is 0.0310. The largest absolute Gasteiger partial charge is 0.375 e. The summed E-state index contributed by atoms with van der Waals surface area (Å²) in [4.78, 5) is 0. The van der Waals surface area contributed by atoms with Crippen molar-refractivity contribution in [1.29, 1.82) is 0 Å². The molecule has 0 unspecified atom stereocenters. The van der Waals surface area contributed by atoms with Gasteiger partial charge in [0.25, 0.3) is 0 Å². The summed E-state index contributed by atoms with van der Waals surface area (Å²) in [5.74, 6) is 0. The van der Waals surface area contributed by atoms with Crippen molar-refractivity contribution in [3.05, 3.63) is 35.9 Å². The van der Waals surface area contributed by atoms with Gasteiger partial charge in [0.05, 0.1) is 12.1 Å². The van der Waals surface area contributed by atoms with Gasteiger partial charge in [-0.2, -0.15) is 0 Å². The molecule has 0 spiro atoms. The van der Waals surface area contributed by atoms with Crippen molar-refractivity contribution in [2.75, 3.05) is 13.2 Å². The van der Waals surface area contributed by atoms with E-state index in [0.29, 0.717) is 0 Å². The number of ether oxygens (including phenoxy) is 1. The first-order valence-electron chi connectivity index (χ1n) is 7.13. The lowest BCUT2D eigenvalue weighted by Crippen LogP contribution is -2.55. The van der Waals surface area contributed by atoms with Crippen molar-refractivity contribution in [2.45, 2.75) is 50.5 Å². The number of benzene rings is 1. The summed E-state index contributed by atoms with van der Waals surface area (Å²) >= 11 is 0. The number of rotatable bonds is 4. The van der Waals surface area contributed by atoms with Gasteiger partial charge in [0, 0.05) is 18.4 Å². The maximum absolute atomic E-state index is 6.02. The Balaban J connectivity index is 2.32. The van der Waals surface area contributed by atoms with Gasteiger partial charge in [0.15, 0.2) is 0 Å². The van der Waals surface area contributed by atoms with Gasteiger partial charge in [-0.15, -0.1) is 0 Å². The summed E-state index contributed by atoms with van der Waals surface area (Å²) in [6.45, 7) is 6.35. The molecule has 1 aromatic carbocycles. The van der Waals surface area contributed by atoms with Crippen LogP contribution in [-0.2, 0) is 10.2 Å². The molecule has 2 heteroatoms. The van der Waals surface area contributed by atoms with E-state index in [2.05, 4.69) is 49.9 Å². The highest BCUT2D eigenvalue weighted by molar-refractivity contribution is 5.27. The average Bonchev–Trinajstić information content (AvgIpc) is 2.40. The number of hydrogen-bond donors (Lipinski definition) is 1. The summed E-state index contributed by atoms with van der Waals surface area (Å²) in [5, 5.41) is 0. The molecule has 0 aliphatic carbocycles.